The summed E-state index contributed by atoms with van der Waals surface area (Å²) in [7, 11) is 0. The second-order valence-corrected chi connectivity index (χ2v) is 12.6. The van der Waals surface area contributed by atoms with Crippen molar-refractivity contribution in [1.82, 2.24) is 26.2 Å². The second-order valence-electron chi connectivity index (χ2n) is 11.3. The molecule has 3 fully saturated rings. The van der Waals surface area contributed by atoms with E-state index in [2.05, 4.69) is 28.2 Å². The summed E-state index contributed by atoms with van der Waals surface area (Å²) in [5.41, 5.74) is 0. The molecular formula is C28H43N5O5S. The van der Waals surface area contributed by atoms with Crippen LogP contribution in [-0.4, -0.2) is 76.8 Å². The molecule has 4 rings (SSSR count). The Kier molecular flexibility index (Phi) is 10.7. The molecule has 0 radical (unpaired) electrons. The lowest BCUT2D eigenvalue weighted by molar-refractivity contribution is -0.138. The van der Waals surface area contributed by atoms with Crippen LogP contribution in [-0.2, 0) is 19.2 Å². The molecule has 0 spiro atoms. The molecule has 39 heavy (non-hydrogen) atoms. The number of nitrogens with one attached hydrogen (secondary N) is 4. The standard InChI is InChI=1S/C28H43N5O5S/c1-2-20(30-27(37)19-11-9-18(10-12-19)16-33-24(35)13-14-25(33)36)6-5-15-29-23(34)8-4-3-7-22-26-21(17-39-22)31-28(38)32-26/h13-14,18-22,26H,2-12,15-17H2,1H3,(H,29,34)(H,30,37)(H2,31,32,38)/t18?,19?,20-,21-,22+,26+/m1/s1. The number of hydrogen-bond donors (Lipinski definition) is 4. The summed E-state index contributed by atoms with van der Waals surface area (Å²) >= 11 is 1.90. The lowest BCUT2D eigenvalue weighted by Gasteiger charge is -2.31. The number of imide groups is 1. The highest BCUT2D eigenvalue weighted by molar-refractivity contribution is 8.00. The lowest BCUT2D eigenvalue weighted by atomic mass is 9.81. The van der Waals surface area contributed by atoms with Crippen molar-refractivity contribution >= 4 is 41.4 Å². The first kappa shape index (κ1) is 29.4. The molecule has 10 nitrogen and oxygen atoms in total. The monoisotopic (exact) mass is 561 g/mol. The Bertz CT molecular complexity index is 933. The maximum atomic E-state index is 12.8. The number of amides is 6. The van der Waals surface area contributed by atoms with Crippen LogP contribution in [0.25, 0.3) is 0 Å². The Labute approximate surface area is 235 Å². The molecule has 4 N–H and O–H groups in total. The molecule has 11 heteroatoms. The minimum absolute atomic E-state index is 0.0205. The predicted octanol–water partition coefficient (Wildman–Crippen LogP) is 2.23. The van der Waals surface area contributed by atoms with Gasteiger partial charge >= 0.3 is 6.03 Å². The summed E-state index contributed by atoms with van der Waals surface area (Å²) in [6.45, 7) is 3.12. The van der Waals surface area contributed by atoms with Crippen LogP contribution < -0.4 is 21.3 Å². The molecule has 3 aliphatic heterocycles. The number of unbranched alkanes of at least 4 members (excludes halogenated alkanes) is 1. The van der Waals surface area contributed by atoms with Gasteiger partial charge in [0.1, 0.15) is 0 Å². The Hall–Kier alpha value is -2.56. The summed E-state index contributed by atoms with van der Waals surface area (Å²) in [5, 5.41) is 12.6. The van der Waals surface area contributed by atoms with Crippen LogP contribution in [0.3, 0.4) is 0 Å². The molecule has 0 unspecified atom stereocenters. The number of carbonyl (C=O) groups excluding carboxylic acids is 5. The minimum Gasteiger partial charge on any atom is -0.356 e. The molecule has 0 aromatic carbocycles. The van der Waals surface area contributed by atoms with Crippen molar-refractivity contribution in [3.63, 3.8) is 0 Å². The minimum atomic E-state index is -0.238. The van der Waals surface area contributed by atoms with E-state index in [4.69, 9.17) is 0 Å². The van der Waals surface area contributed by atoms with Crippen LogP contribution in [0, 0.1) is 11.8 Å². The maximum Gasteiger partial charge on any atom is 0.315 e. The average Bonchev–Trinajstić information content (AvgIpc) is 3.58. The molecule has 0 aromatic heterocycles. The van der Waals surface area contributed by atoms with Gasteiger partial charge in [-0.1, -0.05) is 13.3 Å². The zero-order valence-corrected chi connectivity index (χ0v) is 23.7. The summed E-state index contributed by atoms with van der Waals surface area (Å²) < 4.78 is 0. The van der Waals surface area contributed by atoms with Gasteiger partial charge in [0.05, 0.1) is 12.1 Å². The molecule has 216 valence electrons. The topological polar surface area (TPSA) is 137 Å². The van der Waals surface area contributed by atoms with Crippen molar-refractivity contribution in [2.75, 3.05) is 18.8 Å². The molecule has 0 aromatic rings. The number of fused-ring (bicyclic) bond motifs is 1. The van der Waals surface area contributed by atoms with Crippen LogP contribution in [0.1, 0.15) is 77.6 Å². The van der Waals surface area contributed by atoms with Crippen LogP contribution in [0.15, 0.2) is 12.2 Å². The number of hydrogen-bond acceptors (Lipinski definition) is 6. The number of rotatable bonds is 14. The zero-order valence-electron chi connectivity index (χ0n) is 22.9. The number of thioether (sulfide) groups is 1. The van der Waals surface area contributed by atoms with Gasteiger partial charge in [-0.15, -0.1) is 0 Å². The first-order chi connectivity index (χ1) is 18.8. The van der Waals surface area contributed by atoms with Crippen molar-refractivity contribution in [3.05, 3.63) is 12.2 Å². The van der Waals surface area contributed by atoms with E-state index >= 15 is 0 Å². The molecule has 6 amide bonds. The summed E-state index contributed by atoms with van der Waals surface area (Å²) in [5.74, 6) is 0.887. The number of urea groups is 1. The van der Waals surface area contributed by atoms with Gasteiger partial charge in [0.2, 0.25) is 11.8 Å². The Morgan fingerprint density at radius 1 is 1.05 bits per heavy atom. The molecular weight excluding hydrogens is 518 g/mol. The third-order valence-corrected chi connectivity index (χ3v) is 10.0. The fourth-order valence-electron chi connectivity index (χ4n) is 6.11. The fourth-order valence-corrected chi connectivity index (χ4v) is 7.66. The van der Waals surface area contributed by atoms with Gasteiger partial charge in [0.15, 0.2) is 0 Å². The summed E-state index contributed by atoms with van der Waals surface area (Å²) in [4.78, 5) is 61.5. The van der Waals surface area contributed by atoms with Crippen molar-refractivity contribution in [2.45, 2.75) is 101 Å². The maximum absolute atomic E-state index is 12.8. The van der Waals surface area contributed by atoms with Crippen molar-refractivity contribution in [3.8, 4) is 0 Å². The quantitative estimate of drug-likeness (QED) is 0.146. The smallest absolute Gasteiger partial charge is 0.315 e. The predicted molar refractivity (Wildman–Crippen MR) is 150 cm³/mol. The third kappa shape index (κ3) is 8.22. The van der Waals surface area contributed by atoms with Crippen molar-refractivity contribution in [2.24, 2.45) is 11.8 Å². The highest BCUT2D eigenvalue weighted by atomic mass is 32.2. The molecule has 1 aliphatic carbocycles. The SMILES string of the molecule is CC[C@H](CCCNC(=O)CCCC[C@@H]1SC[C@H]2NC(=O)N[C@H]12)NC(=O)C1CCC(CN2C(=O)C=CC2=O)CC1. The molecule has 3 heterocycles. The normalized spacial score (nSPS) is 28.7. The van der Waals surface area contributed by atoms with E-state index < -0.39 is 0 Å². The number of carbonyl (C=O) groups is 5. The van der Waals surface area contributed by atoms with Crippen molar-refractivity contribution < 1.29 is 24.0 Å². The first-order valence-electron chi connectivity index (χ1n) is 14.6. The molecule has 1 saturated carbocycles. The van der Waals surface area contributed by atoms with Crippen LogP contribution in [0.4, 0.5) is 4.79 Å². The molecule has 0 bridgehead atoms. The van der Waals surface area contributed by atoms with Gasteiger partial charge in [-0.3, -0.25) is 24.1 Å². The summed E-state index contributed by atoms with van der Waals surface area (Å²) in [6, 6.07) is 0.491. The molecule has 2 saturated heterocycles. The third-order valence-electron chi connectivity index (χ3n) is 8.53. The van der Waals surface area contributed by atoms with Gasteiger partial charge in [0.25, 0.3) is 11.8 Å². The van der Waals surface area contributed by atoms with E-state index in [1.54, 1.807) is 0 Å². The van der Waals surface area contributed by atoms with Gasteiger partial charge in [0, 0.05) is 54.6 Å². The van der Waals surface area contributed by atoms with Crippen LogP contribution in [0.2, 0.25) is 0 Å². The molecule has 4 aliphatic rings. The van der Waals surface area contributed by atoms with Crippen LogP contribution >= 0.6 is 11.8 Å². The van der Waals surface area contributed by atoms with E-state index in [-0.39, 0.29) is 59.6 Å². The largest absolute Gasteiger partial charge is 0.356 e. The van der Waals surface area contributed by atoms with E-state index in [0.29, 0.717) is 24.8 Å². The average molecular weight is 562 g/mol. The first-order valence-corrected chi connectivity index (χ1v) is 15.7. The second kappa shape index (κ2) is 14.2. The van der Waals surface area contributed by atoms with Gasteiger partial charge in [-0.2, -0.15) is 11.8 Å². The zero-order chi connectivity index (χ0) is 27.8. The van der Waals surface area contributed by atoms with Crippen molar-refractivity contribution in [1.29, 1.82) is 0 Å². The Morgan fingerprint density at radius 3 is 2.51 bits per heavy atom. The van der Waals surface area contributed by atoms with Gasteiger partial charge < -0.3 is 21.3 Å². The summed E-state index contributed by atoms with van der Waals surface area (Å²) in [6.07, 6.45) is 11.7. The van der Waals surface area contributed by atoms with E-state index in [1.807, 2.05) is 11.8 Å². The van der Waals surface area contributed by atoms with Gasteiger partial charge in [-0.25, -0.2) is 4.79 Å². The Balaban J connectivity index is 1.03. The Morgan fingerprint density at radius 2 is 1.79 bits per heavy atom. The van der Waals surface area contributed by atoms with Gasteiger partial charge in [-0.05, 0) is 63.7 Å². The van der Waals surface area contributed by atoms with E-state index in [0.717, 1.165) is 70.0 Å². The number of nitrogens with zero attached hydrogens (tertiary/aromatic N) is 1. The lowest BCUT2D eigenvalue weighted by Crippen LogP contribution is -2.41. The van der Waals surface area contributed by atoms with Crippen LogP contribution in [0.5, 0.6) is 0 Å². The highest BCUT2D eigenvalue weighted by Crippen LogP contribution is 2.33. The van der Waals surface area contributed by atoms with E-state index in [9.17, 15) is 24.0 Å². The fraction of sp³-hybridized carbons (Fsp3) is 0.750. The molecule has 4 atom stereocenters. The van der Waals surface area contributed by atoms with E-state index in [1.165, 1.54) is 17.1 Å². The highest BCUT2D eigenvalue weighted by Gasteiger charge is 2.42.